The summed E-state index contributed by atoms with van der Waals surface area (Å²) in [5.74, 6) is -14.8. The first-order valence-electron chi connectivity index (χ1n) is 7.46. The molecule has 6 nitrogen and oxygen atoms in total. The van der Waals surface area contributed by atoms with Crippen LogP contribution in [0.3, 0.4) is 0 Å². The van der Waals surface area contributed by atoms with E-state index in [1.54, 1.807) is 0 Å². The van der Waals surface area contributed by atoms with Gasteiger partial charge >= 0.3 is 11.9 Å². The lowest BCUT2D eigenvalue weighted by Gasteiger charge is -2.09. The first kappa shape index (κ1) is 22.5. The maximum absolute atomic E-state index is 13.3. The standard InChI is InChI=1S/C16H15F5O6/c1-2-9(22)26-8-7-25-6-5-24-4-3-10(23)27-16-14(20)12(18)11(17)13(19)15(16)21/h2H,1,3-8H2. The maximum atomic E-state index is 13.3. The average Bonchev–Trinajstić information content (AvgIpc) is 2.66. The van der Waals surface area contributed by atoms with Crippen LogP contribution in [0.1, 0.15) is 6.42 Å². The molecule has 0 aliphatic rings. The number of hydrogen-bond donors (Lipinski definition) is 0. The molecule has 0 aromatic heterocycles. The second kappa shape index (κ2) is 11.2. The Bertz CT molecular complexity index is 665. The van der Waals surface area contributed by atoms with Crippen molar-refractivity contribution in [1.29, 1.82) is 0 Å². The minimum absolute atomic E-state index is 0.0130. The normalized spacial score (nSPS) is 10.6. The van der Waals surface area contributed by atoms with Gasteiger partial charge in [0.25, 0.3) is 0 Å². The van der Waals surface area contributed by atoms with Crippen LogP contribution in [0.4, 0.5) is 22.0 Å². The van der Waals surface area contributed by atoms with Crippen molar-refractivity contribution in [3.8, 4) is 5.75 Å². The lowest BCUT2D eigenvalue weighted by Crippen LogP contribution is -2.16. The Hall–Kier alpha value is -2.53. The van der Waals surface area contributed by atoms with Gasteiger partial charge in [0.1, 0.15) is 6.61 Å². The van der Waals surface area contributed by atoms with Crippen LogP contribution >= 0.6 is 0 Å². The third-order valence-electron chi connectivity index (χ3n) is 2.85. The molecule has 0 amide bonds. The van der Waals surface area contributed by atoms with Crippen molar-refractivity contribution in [2.24, 2.45) is 0 Å². The summed E-state index contributed by atoms with van der Waals surface area (Å²) >= 11 is 0. The van der Waals surface area contributed by atoms with Gasteiger partial charge in [0.15, 0.2) is 0 Å². The third-order valence-corrected chi connectivity index (χ3v) is 2.85. The smallest absolute Gasteiger partial charge is 0.330 e. The summed E-state index contributed by atoms with van der Waals surface area (Å²) in [7, 11) is 0. The zero-order valence-corrected chi connectivity index (χ0v) is 13.9. The van der Waals surface area contributed by atoms with E-state index in [0.29, 0.717) is 0 Å². The van der Waals surface area contributed by atoms with Gasteiger partial charge in [-0.2, -0.15) is 8.78 Å². The van der Waals surface area contributed by atoms with Crippen molar-refractivity contribution in [3.63, 3.8) is 0 Å². The number of esters is 2. The highest BCUT2D eigenvalue weighted by Gasteiger charge is 2.28. The molecule has 0 unspecified atom stereocenters. The van der Waals surface area contributed by atoms with Gasteiger partial charge in [-0.25, -0.2) is 18.0 Å². The van der Waals surface area contributed by atoms with E-state index in [2.05, 4.69) is 16.1 Å². The van der Waals surface area contributed by atoms with Gasteiger partial charge < -0.3 is 18.9 Å². The van der Waals surface area contributed by atoms with Gasteiger partial charge in [-0.05, 0) is 0 Å². The summed E-state index contributed by atoms with van der Waals surface area (Å²) in [6.45, 7) is 3.20. The molecular formula is C16H15F5O6. The molecular weight excluding hydrogens is 383 g/mol. The van der Waals surface area contributed by atoms with Crippen LogP contribution in [0, 0.1) is 29.1 Å². The molecule has 0 spiro atoms. The van der Waals surface area contributed by atoms with E-state index in [0.717, 1.165) is 6.08 Å². The number of rotatable bonds is 11. The molecule has 0 radical (unpaired) electrons. The second-order valence-electron chi connectivity index (χ2n) is 4.72. The zero-order chi connectivity index (χ0) is 20.4. The number of halogens is 5. The predicted octanol–water partition coefficient (Wildman–Crippen LogP) is 2.44. The van der Waals surface area contributed by atoms with E-state index < -0.39 is 53.2 Å². The molecule has 0 saturated carbocycles. The Morgan fingerprint density at radius 1 is 0.778 bits per heavy atom. The van der Waals surface area contributed by atoms with E-state index in [1.165, 1.54) is 0 Å². The van der Waals surface area contributed by atoms with Gasteiger partial charge in [-0.1, -0.05) is 6.58 Å². The van der Waals surface area contributed by atoms with Gasteiger partial charge in [0.05, 0.1) is 32.8 Å². The fourth-order valence-corrected chi connectivity index (χ4v) is 1.58. The molecule has 0 N–H and O–H groups in total. The lowest BCUT2D eigenvalue weighted by molar-refractivity contribution is -0.139. The maximum Gasteiger partial charge on any atom is 0.330 e. The summed E-state index contributed by atoms with van der Waals surface area (Å²) in [5.41, 5.74) is 0. The van der Waals surface area contributed by atoms with Crippen LogP contribution in [-0.2, 0) is 23.8 Å². The first-order valence-corrected chi connectivity index (χ1v) is 7.46. The monoisotopic (exact) mass is 398 g/mol. The first-order chi connectivity index (χ1) is 12.8. The minimum atomic E-state index is -2.35. The van der Waals surface area contributed by atoms with E-state index in [1.807, 2.05) is 0 Å². The number of ether oxygens (including phenoxy) is 4. The molecule has 0 saturated heterocycles. The molecule has 27 heavy (non-hydrogen) atoms. The summed E-state index contributed by atoms with van der Waals surface area (Å²) in [5, 5.41) is 0. The van der Waals surface area contributed by atoms with Gasteiger partial charge in [0, 0.05) is 6.08 Å². The molecule has 1 aromatic rings. The highest BCUT2D eigenvalue weighted by molar-refractivity contribution is 5.81. The second-order valence-corrected chi connectivity index (χ2v) is 4.72. The topological polar surface area (TPSA) is 71.1 Å². The molecule has 1 aromatic carbocycles. The van der Waals surface area contributed by atoms with Crippen LogP contribution < -0.4 is 4.74 Å². The Morgan fingerprint density at radius 3 is 1.81 bits per heavy atom. The number of carbonyl (C=O) groups is 2. The Morgan fingerprint density at radius 2 is 1.26 bits per heavy atom. The highest BCUT2D eigenvalue weighted by atomic mass is 19.2. The highest BCUT2D eigenvalue weighted by Crippen LogP contribution is 2.29. The molecule has 0 atom stereocenters. The molecule has 11 heteroatoms. The quantitative estimate of drug-likeness (QED) is 0.108. The molecule has 0 fully saturated rings. The number of hydrogen-bond acceptors (Lipinski definition) is 6. The average molecular weight is 398 g/mol. The molecule has 150 valence electrons. The van der Waals surface area contributed by atoms with Gasteiger partial charge in [-0.3, -0.25) is 4.79 Å². The van der Waals surface area contributed by atoms with Gasteiger partial charge in [0.2, 0.25) is 34.8 Å². The van der Waals surface area contributed by atoms with E-state index in [4.69, 9.17) is 9.47 Å². The van der Waals surface area contributed by atoms with Crippen molar-refractivity contribution in [3.05, 3.63) is 41.7 Å². The summed E-state index contributed by atoms with van der Waals surface area (Å²) in [4.78, 5) is 22.1. The third kappa shape index (κ3) is 6.94. The van der Waals surface area contributed by atoms with Crippen molar-refractivity contribution in [2.45, 2.75) is 6.42 Å². The van der Waals surface area contributed by atoms with Crippen LogP contribution in [0.15, 0.2) is 12.7 Å². The Labute approximate surface area is 150 Å². The molecule has 0 aliphatic carbocycles. The minimum Gasteiger partial charge on any atom is -0.460 e. The molecule has 0 bridgehead atoms. The molecule has 0 aliphatic heterocycles. The van der Waals surface area contributed by atoms with Crippen LogP contribution in [0.2, 0.25) is 0 Å². The van der Waals surface area contributed by atoms with Crippen LogP contribution in [0.5, 0.6) is 5.75 Å². The Balaban J connectivity index is 2.27. The number of benzene rings is 1. The zero-order valence-electron chi connectivity index (χ0n) is 13.9. The van der Waals surface area contributed by atoms with Crippen molar-refractivity contribution in [1.82, 2.24) is 0 Å². The van der Waals surface area contributed by atoms with Crippen LogP contribution in [0.25, 0.3) is 0 Å². The summed E-state index contributed by atoms with van der Waals surface area (Å²) in [6, 6.07) is 0. The lowest BCUT2D eigenvalue weighted by atomic mass is 10.2. The fraction of sp³-hybridized carbons (Fsp3) is 0.375. The SMILES string of the molecule is C=CC(=O)OCCOCCOCCC(=O)Oc1c(F)c(F)c(F)c(F)c1F. The molecule has 0 heterocycles. The van der Waals surface area contributed by atoms with Crippen molar-refractivity contribution < 1.29 is 50.5 Å². The van der Waals surface area contributed by atoms with E-state index in [9.17, 15) is 31.5 Å². The van der Waals surface area contributed by atoms with Gasteiger partial charge in [-0.15, -0.1) is 0 Å². The van der Waals surface area contributed by atoms with E-state index in [-0.39, 0.29) is 33.0 Å². The number of carbonyl (C=O) groups excluding carboxylic acids is 2. The largest absolute Gasteiger partial charge is 0.460 e. The van der Waals surface area contributed by atoms with E-state index >= 15 is 0 Å². The Kier molecular flexibility index (Phi) is 9.37. The van der Waals surface area contributed by atoms with Crippen molar-refractivity contribution in [2.75, 3.05) is 33.0 Å². The fourth-order valence-electron chi connectivity index (χ4n) is 1.58. The van der Waals surface area contributed by atoms with Crippen molar-refractivity contribution >= 4 is 11.9 Å². The summed E-state index contributed by atoms with van der Waals surface area (Å²) < 4.78 is 84.3. The summed E-state index contributed by atoms with van der Waals surface area (Å²) in [6.07, 6.45) is 0.491. The predicted molar refractivity (Wildman–Crippen MR) is 79.3 cm³/mol. The molecule has 1 rings (SSSR count). The van der Waals surface area contributed by atoms with Crippen LogP contribution in [-0.4, -0.2) is 45.0 Å².